The molecule has 1 aliphatic heterocycles. The second-order valence-corrected chi connectivity index (χ2v) is 7.19. The number of hydrogen-bond donors (Lipinski definition) is 1. The number of thiazole rings is 1. The van der Waals surface area contributed by atoms with E-state index in [9.17, 15) is 0 Å². The standard InChI is InChI=1S/C14H25N3S/c1-9(2)7-17-6-5-11-12(8-17)18-14(16-11)13(15)10(3)4/h9-10,13H,5-8,15H2,1-4H3. The van der Waals surface area contributed by atoms with E-state index < -0.39 is 0 Å². The molecule has 0 aromatic carbocycles. The lowest BCUT2D eigenvalue weighted by Crippen LogP contribution is -2.32. The molecule has 0 aliphatic carbocycles. The zero-order valence-electron chi connectivity index (χ0n) is 11.9. The Hall–Kier alpha value is -0.450. The zero-order chi connectivity index (χ0) is 13.3. The first-order valence-electron chi connectivity index (χ1n) is 6.93. The average Bonchev–Trinajstić information content (AvgIpc) is 2.69. The third-order valence-electron chi connectivity index (χ3n) is 3.45. The Morgan fingerprint density at radius 2 is 2.06 bits per heavy atom. The van der Waals surface area contributed by atoms with E-state index in [1.54, 1.807) is 0 Å². The Morgan fingerprint density at radius 3 is 2.67 bits per heavy atom. The summed E-state index contributed by atoms with van der Waals surface area (Å²) in [5.74, 6) is 1.20. The number of nitrogens with zero attached hydrogens (tertiary/aromatic N) is 2. The van der Waals surface area contributed by atoms with Crippen molar-refractivity contribution in [2.45, 2.75) is 46.7 Å². The van der Waals surface area contributed by atoms with Gasteiger partial charge >= 0.3 is 0 Å². The van der Waals surface area contributed by atoms with Gasteiger partial charge in [0, 0.05) is 30.9 Å². The molecule has 2 heterocycles. The number of aromatic nitrogens is 1. The fourth-order valence-corrected chi connectivity index (χ4v) is 3.70. The van der Waals surface area contributed by atoms with Gasteiger partial charge in [-0.1, -0.05) is 27.7 Å². The van der Waals surface area contributed by atoms with Gasteiger partial charge in [-0.2, -0.15) is 0 Å². The molecule has 3 nitrogen and oxygen atoms in total. The highest BCUT2D eigenvalue weighted by atomic mass is 32.1. The summed E-state index contributed by atoms with van der Waals surface area (Å²) in [6, 6.07) is 0.0964. The van der Waals surface area contributed by atoms with E-state index in [1.807, 2.05) is 11.3 Å². The van der Waals surface area contributed by atoms with E-state index in [2.05, 4.69) is 32.6 Å². The quantitative estimate of drug-likeness (QED) is 0.912. The Kier molecular flexibility index (Phi) is 4.41. The van der Waals surface area contributed by atoms with Crippen molar-refractivity contribution >= 4 is 11.3 Å². The van der Waals surface area contributed by atoms with Crippen molar-refractivity contribution in [3.63, 3.8) is 0 Å². The summed E-state index contributed by atoms with van der Waals surface area (Å²) in [6.07, 6.45) is 1.09. The first kappa shape index (κ1) is 14.0. The third-order valence-corrected chi connectivity index (χ3v) is 4.64. The predicted molar refractivity (Wildman–Crippen MR) is 77.7 cm³/mol. The molecule has 18 heavy (non-hydrogen) atoms. The second kappa shape index (κ2) is 5.68. The molecule has 0 saturated heterocycles. The first-order valence-corrected chi connectivity index (χ1v) is 7.75. The molecule has 0 saturated carbocycles. The Bertz CT molecular complexity index is 398. The minimum absolute atomic E-state index is 0.0964. The number of nitrogens with two attached hydrogens (primary N) is 1. The van der Waals surface area contributed by atoms with Crippen LogP contribution in [-0.2, 0) is 13.0 Å². The minimum atomic E-state index is 0.0964. The van der Waals surface area contributed by atoms with Gasteiger partial charge in [-0.15, -0.1) is 11.3 Å². The van der Waals surface area contributed by atoms with Gasteiger partial charge in [0.15, 0.2) is 0 Å². The zero-order valence-corrected chi connectivity index (χ0v) is 12.8. The molecule has 2 N–H and O–H groups in total. The maximum absolute atomic E-state index is 6.20. The van der Waals surface area contributed by atoms with Crippen LogP contribution in [0.4, 0.5) is 0 Å². The molecule has 1 unspecified atom stereocenters. The molecule has 0 fully saturated rings. The van der Waals surface area contributed by atoms with Crippen molar-refractivity contribution in [1.82, 2.24) is 9.88 Å². The normalized spacial score (nSPS) is 18.4. The van der Waals surface area contributed by atoms with Crippen LogP contribution < -0.4 is 5.73 Å². The summed E-state index contributed by atoms with van der Waals surface area (Å²) < 4.78 is 0. The van der Waals surface area contributed by atoms with Crippen LogP contribution in [0.15, 0.2) is 0 Å². The lowest BCUT2D eigenvalue weighted by molar-refractivity contribution is 0.228. The van der Waals surface area contributed by atoms with Crippen molar-refractivity contribution in [3.8, 4) is 0 Å². The van der Waals surface area contributed by atoms with Crippen LogP contribution >= 0.6 is 11.3 Å². The van der Waals surface area contributed by atoms with Crippen LogP contribution in [0.1, 0.15) is 49.3 Å². The lowest BCUT2D eigenvalue weighted by atomic mass is 10.1. The van der Waals surface area contributed by atoms with Crippen molar-refractivity contribution in [2.75, 3.05) is 13.1 Å². The minimum Gasteiger partial charge on any atom is -0.322 e. The monoisotopic (exact) mass is 267 g/mol. The molecule has 1 aromatic heterocycles. The molecule has 2 rings (SSSR count). The van der Waals surface area contributed by atoms with E-state index in [0.717, 1.165) is 30.4 Å². The molecule has 0 radical (unpaired) electrons. The SMILES string of the molecule is CC(C)CN1CCc2nc(C(N)C(C)C)sc2C1. The van der Waals surface area contributed by atoms with Crippen LogP contribution in [0.25, 0.3) is 0 Å². The lowest BCUT2D eigenvalue weighted by Gasteiger charge is -2.27. The summed E-state index contributed by atoms with van der Waals surface area (Å²) in [6.45, 7) is 12.3. The maximum Gasteiger partial charge on any atom is 0.110 e. The summed E-state index contributed by atoms with van der Waals surface area (Å²) in [7, 11) is 0. The van der Waals surface area contributed by atoms with E-state index in [1.165, 1.54) is 17.1 Å². The van der Waals surface area contributed by atoms with Crippen molar-refractivity contribution in [2.24, 2.45) is 17.6 Å². The van der Waals surface area contributed by atoms with Gasteiger partial charge in [0.2, 0.25) is 0 Å². The summed E-state index contributed by atoms with van der Waals surface area (Å²) in [5, 5.41) is 1.13. The van der Waals surface area contributed by atoms with Crippen molar-refractivity contribution < 1.29 is 0 Å². The summed E-state index contributed by atoms with van der Waals surface area (Å²) >= 11 is 1.82. The third kappa shape index (κ3) is 3.11. The van der Waals surface area contributed by atoms with Crippen LogP contribution in [0, 0.1) is 11.8 Å². The fourth-order valence-electron chi connectivity index (χ4n) is 2.37. The summed E-state index contributed by atoms with van der Waals surface area (Å²) in [5.41, 5.74) is 7.50. The van der Waals surface area contributed by atoms with Gasteiger partial charge in [0.05, 0.1) is 11.7 Å². The van der Waals surface area contributed by atoms with E-state index in [4.69, 9.17) is 10.7 Å². The predicted octanol–water partition coefficient (Wildman–Crippen LogP) is 2.81. The second-order valence-electron chi connectivity index (χ2n) is 6.07. The van der Waals surface area contributed by atoms with E-state index in [-0.39, 0.29) is 6.04 Å². The number of rotatable bonds is 4. The van der Waals surface area contributed by atoms with Crippen LogP contribution in [0.2, 0.25) is 0 Å². The molecule has 0 bridgehead atoms. The largest absolute Gasteiger partial charge is 0.322 e. The van der Waals surface area contributed by atoms with Crippen LogP contribution in [-0.4, -0.2) is 23.0 Å². The number of fused-ring (bicyclic) bond motifs is 1. The Morgan fingerprint density at radius 1 is 1.33 bits per heavy atom. The highest BCUT2D eigenvalue weighted by Gasteiger charge is 2.23. The van der Waals surface area contributed by atoms with Crippen LogP contribution in [0.3, 0.4) is 0 Å². The van der Waals surface area contributed by atoms with Gasteiger partial charge in [-0.3, -0.25) is 4.90 Å². The average molecular weight is 267 g/mol. The smallest absolute Gasteiger partial charge is 0.110 e. The van der Waals surface area contributed by atoms with Gasteiger partial charge in [-0.25, -0.2) is 4.98 Å². The van der Waals surface area contributed by atoms with E-state index in [0.29, 0.717) is 5.92 Å². The maximum atomic E-state index is 6.20. The molecule has 1 aliphatic rings. The molecule has 1 atom stereocenters. The highest BCUT2D eigenvalue weighted by molar-refractivity contribution is 7.11. The van der Waals surface area contributed by atoms with Gasteiger partial charge in [0.25, 0.3) is 0 Å². The highest BCUT2D eigenvalue weighted by Crippen LogP contribution is 2.30. The molecular formula is C14H25N3S. The summed E-state index contributed by atoms with van der Waals surface area (Å²) in [4.78, 5) is 8.73. The topological polar surface area (TPSA) is 42.2 Å². The molecule has 102 valence electrons. The van der Waals surface area contributed by atoms with Gasteiger partial charge in [0.1, 0.15) is 5.01 Å². The van der Waals surface area contributed by atoms with Gasteiger partial charge in [-0.05, 0) is 11.8 Å². The molecular weight excluding hydrogens is 242 g/mol. The van der Waals surface area contributed by atoms with Crippen LogP contribution in [0.5, 0.6) is 0 Å². The molecule has 0 spiro atoms. The molecule has 4 heteroatoms. The van der Waals surface area contributed by atoms with Crippen molar-refractivity contribution in [1.29, 1.82) is 0 Å². The van der Waals surface area contributed by atoms with Crippen molar-refractivity contribution in [3.05, 3.63) is 15.6 Å². The first-order chi connectivity index (χ1) is 8.47. The van der Waals surface area contributed by atoms with Gasteiger partial charge < -0.3 is 5.73 Å². The van der Waals surface area contributed by atoms with E-state index >= 15 is 0 Å². The number of hydrogen-bond acceptors (Lipinski definition) is 4. The Balaban J connectivity index is 2.09. The molecule has 1 aromatic rings. The Labute approximate surface area is 114 Å². The molecule has 0 amide bonds. The fraction of sp³-hybridized carbons (Fsp3) is 0.786.